The summed E-state index contributed by atoms with van der Waals surface area (Å²) in [5, 5.41) is 2.79. The molecule has 2 rings (SSSR count). The van der Waals surface area contributed by atoms with Crippen LogP contribution in [0.5, 0.6) is 5.75 Å². The summed E-state index contributed by atoms with van der Waals surface area (Å²) in [7, 11) is 0. The highest BCUT2D eigenvalue weighted by molar-refractivity contribution is 5.72. The smallest absolute Gasteiger partial charge is 0.216 e. The molecule has 0 spiro atoms. The minimum atomic E-state index is -0.00694. The molecule has 0 bridgehead atoms. The van der Waals surface area contributed by atoms with Crippen molar-refractivity contribution in [1.29, 1.82) is 0 Å². The van der Waals surface area contributed by atoms with Gasteiger partial charge in [0.15, 0.2) is 0 Å². The third kappa shape index (κ3) is 1.69. The van der Waals surface area contributed by atoms with Crippen molar-refractivity contribution in [3.8, 4) is 5.75 Å². The van der Waals surface area contributed by atoms with E-state index in [0.29, 0.717) is 13.2 Å². The molecule has 1 aromatic heterocycles. The van der Waals surface area contributed by atoms with Crippen molar-refractivity contribution in [3.63, 3.8) is 0 Å². The molecular weight excluding hydrogens is 180 g/mol. The first kappa shape index (κ1) is 8.99. The second-order valence-electron chi connectivity index (χ2n) is 3.36. The van der Waals surface area contributed by atoms with Gasteiger partial charge in [-0.05, 0) is 6.07 Å². The molecule has 4 nitrogen and oxygen atoms in total. The van der Waals surface area contributed by atoms with Crippen LogP contribution in [0.4, 0.5) is 0 Å². The average Bonchev–Trinajstić information content (AvgIpc) is 2.58. The highest BCUT2D eigenvalue weighted by atomic mass is 16.5. The van der Waals surface area contributed by atoms with E-state index in [1.165, 1.54) is 6.92 Å². The lowest BCUT2D eigenvalue weighted by Gasteiger charge is -2.08. The van der Waals surface area contributed by atoms with E-state index in [-0.39, 0.29) is 11.8 Å². The van der Waals surface area contributed by atoms with E-state index in [4.69, 9.17) is 4.74 Å². The molecule has 0 saturated heterocycles. The average molecular weight is 192 g/mol. The van der Waals surface area contributed by atoms with Gasteiger partial charge in [-0.2, -0.15) is 0 Å². The Balaban J connectivity index is 2.07. The Bertz CT molecular complexity index is 352. The van der Waals surface area contributed by atoms with E-state index in [0.717, 1.165) is 11.3 Å². The molecular formula is C10H12N2O2. The number of carbonyl (C=O) groups is 1. The minimum Gasteiger partial charge on any atom is -0.491 e. The number of ether oxygens (including phenoxy) is 1. The first-order valence-corrected chi connectivity index (χ1v) is 4.58. The molecule has 0 radical (unpaired) electrons. The van der Waals surface area contributed by atoms with Crippen LogP contribution in [0.2, 0.25) is 0 Å². The standard InChI is InChI=1S/C10H12N2O2/c1-7(13)12-4-8-6-14-10-5-11-3-2-9(8)10/h2-3,5,8H,4,6H2,1H3,(H,12,13). The van der Waals surface area contributed by atoms with E-state index in [1.807, 2.05) is 6.07 Å². The van der Waals surface area contributed by atoms with Gasteiger partial charge in [0.05, 0.1) is 12.8 Å². The zero-order valence-corrected chi connectivity index (χ0v) is 7.99. The SMILES string of the molecule is CC(=O)NCC1COc2cnccc21. The van der Waals surface area contributed by atoms with Crippen molar-refractivity contribution in [2.45, 2.75) is 12.8 Å². The van der Waals surface area contributed by atoms with Gasteiger partial charge in [-0.1, -0.05) is 0 Å². The molecule has 0 fully saturated rings. The fourth-order valence-electron chi connectivity index (χ4n) is 1.56. The lowest BCUT2D eigenvalue weighted by atomic mass is 10.0. The third-order valence-corrected chi connectivity index (χ3v) is 2.29. The van der Waals surface area contributed by atoms with Crippen molar-refractivity contribution in [1.82, 2.24) is 10.3 Å². The van der Waals surface area contributed by atoms with Gasteiger partial charge in [0, 0.05) is 31.1 Å². The molecule has 1 aliphatic heterocycles. The second-order valence-corrected chi connectivity index (χ2v) is 3.36. The van der Waals surface area contributed by atoms with Gasteiger partial charge in [-0.3, -0.25) is 9.78 Å². The number of rotatable bonds is 2. The van der Waals surface area contributed by atoms with Gasteiger partial charge in [0.1, 0.15) is 5.75 Å². The lowest BCUT2D eigenvalue weighted by molar-refractivity contribution is -0.119. The number of nitrogens with one attached hydrogen (secondary N) is 1. The Morgan fingerprint density at radius 1 is 1.79 bits per heavy atom. The van der Waals surface area contributed by atoms with Crippen LogP contribution in [0.15, 0.2) is 18.5 Å². The van der Waals surface area contributed by atoms with Crippen molar-refractivity contribution in [2.24, 2.45) is 0 Å². The van der Waals surface area contributed by atoms with Crippen molar-refractivity contribution >= 4 is 5.91 Å². The zero-order valence-electron chi connectivity index (χ0n) is 7.99. The maximum Gasteiger partial charge on any atom is 0.216 e. The molecule has 1 aliphatic rings. The van der Waals surface area contributed by atoms with E-state index in [1.54, 1.807) is 12.4 Å². The minimum absolute atomic E-state index is 0.00694. The highest BCUT2D eigenvalue weighted by Crippen LogP contribution is 2.31. The molecule has 1 atom stereocenters. The monoisotopic (exact) mass is 192 g/mol. The largest absolute Gasteiger partial charge is 0.491 e. The van der Waals surface area contributed by atoms with E-state index >= 15 is 0 Å². The summed E-state index contributed by atoms with van der Waals surface area (Å²) >= 11 is 0. The van der Waals surface area contributed by atoms with Gasteiger partial charge < -0.3 is 10.1 Å². The molecule has 0 saturated carbocycles. The molecule has 1 amide bonds. The fourth-order valence-corrected chi connectivity index (χ4v) is 1.56. The van der Waals surface area contributed by atoms with Gasteiger partial charge in [-0.15, -0.1) is 0 Å². The Hall–Kier alpha value is -1.58. The first-order valence-electron chi connectivity index (χ1n) is 4.58. The number of carbonyl (C=O) groups excluding carboxylic acids is 1. The number of amides is 1. The van der Waals surface area contributed by atoms with E-state index in [9.17, 15) is 4.79 Å². The van der Waals surface area contributed by atoms with Crippen LogP contribution >= 0.6 is 0 Å². The molecule has 0 aliphatic carbocycles. The maximum absolute atomic E-state index is 10.7. The normalized spacial score (nSPS) is 18.5. The van der Waals surface area contributed by atoms with Crippen LogP contribution in [0, 0.1) is 0 Å². The summed E-state index contributed by atoms with van der Waals surface area (Å²) in [4.78, 5) is 14.7. The fraction of sp³-hybridized carbons (Fsp3) is 0.400. The van der Waals surface area contributed by atoms with Crippen LogP contribution in [0.1, 0.15) is 18.4 Å². The van der Waals surface area contributed by atoms with Crippen LogP contribution < -0.4 is 10.1 Å². The Morgan fingerprint density at radius 3 is 3.43 bits per heavy atom. The topological polar surface area (TPSA) is 51.2 Å². The number of pyridine rings is 1. The molecule has 1 unspecified atom stereocenters. The zero-order chi connectivity index (χ0) is 9.97. The summed E-state index contributed by atoms with van der Waals surface area (Å²) in [5.41, 5.74) is 1.13. The molecule has 0 aromatic carbocycles. The van der Waals surface area contributed by atoms with E-state index < -0.39 is 0 Å². The lowest BCUT2D eigenvalue weighted by Crippen LogP contribution is -2.26. The number of hydrogen-bond acceptors (Lipinski definition) is 3. The summed E-state index contributed by atoms with van der Waals surface area (Å²) in [6.45, 7) is 2.77. The van der Waals surface area contributed by atoms with Crippen molar-refractivity contribution in [2.75, 3.05) is 13.2 Å². The molecule has 1 aromatic rings. The van der Waals surface area contributed by atoms with Crippen LogP contribution in [0.3, 0.4) is 0 Å². The molecule has 74 valence electrons. The third-order valence-electron chi connectivity index (χ3n) is 2.29. The number of aromatic nitrogens is 1. The predicted octanol–water partition coefficient (Wildman–Crippen LogP) is 0.694. The number of fused-ring (bicyclic) bond motifs is 1. The van der Waals surface area contributed by atoms with E-state index in [2.05, 4.69) is 10.3 Å². The Labute approximate surface area is 82.3 Å². The summed E-state index contributed by atoms with van der Waals surface area (Å²) in [5.74, 6) is 1.09. The van der Waals surface area contributed by atoms with Gasteiger partial charge in [0.25, 0.3) is 0 Å². The van der Waals surface area contributed by atoms with Crippen molar-refractivity contribution in [3.05, 3.63) is 24.0 Å². The molecule has 2 heterocycles. The van der Waals surface area contributed by atoms with Gasteiger partial charge in [0.2, 0.25) is 5.91 Å². The first-order chi connectivity index (χ1) is 6.77. The quantitative estimate of drug-likeness (QED) is 0.750. The number of nitrogens with zero attached hydrogens (tertiary/aromatic N) is 1. The summed E-state index contributed by atoms with van der Waals surface area (Å²) in [6.07, 6.45) is 3.46. The second kappa shape index (κ2) is 3.65. The molecule has 1 N–H and O–H groups in total. The van der Waals surface area contributed by atoms with Gasteiger partial charge in [-0.25, -0.2) is 0 Å². The summed E-state index contributed by atoms with van der Waals surface area (Å²) < 4.78 is 5.43. The van der Waals surface area contributed by atoms with Gasteiger partial charge >= 0.3 is 0 Å². The molecule has 4 heteroatoms. The Morgan fingerprint density at radius 2 is 2.64 bits per heavy atom. The Kier molecular flexibility index (Phi) is 2.35. The van der Waals surface area contributed by atoms with Crippen molar-refractivity contribution < 1.29 is 9.53 Å². The van der Waals surface area contributed by atoms with Crippen LogP contribution in [-0.2, 0) is 4.79 Å². The molecule has 14 heavy (non-hydrogen) atoms. The summed E-state index contributed by atoms with van der Waals surface area (Å²) in [6, 6.07) is 1.94. The van der Waals surface area contributed by atoms with Crippen LogP contribution in [-0.4, -0.2) is 24.0 Å². The predicted molar refractivity (Wildman–Crippen MR) is 51.2 cm³/mol. The maximum atomic E-state index is 10.7. The highest BCUT2D eigenvalue weighted by Gasteiger charge is 2.23. The van der Waals surface area contributed by atoms with Crippen LogP contribution in [0.25, 0.3) is 0 Å². The number of hydrogen-bond donors (Lipinski definition) is 1.